The van der Waals surface area contributed by atoms with Gasteiger partial charge in [0, 0.05) is 11.3 Å². The molecular weight excluding hydrogens is 257 g/mol. The van der Waals surface area contributed by atoms with Gasteiger partial charge in [0.15, 0.2) is 0 Å². The van der Waals surface area contributed by atoms with Gasteiger partial charge in [-0.1, -0.05) is 37.5 Å². The maximum atomic E-state index is 13.1. The van der Waals surface area contributed by atoms with Crippen LogP contribution in [-0.4, -0.2) is 16.2 Å². The lowest BCUT2D eigenvalue weighted by molar-refractivity contribution is 0.277. The smallest absolute Gasteiger partial charge is 0.249 e. The SMILES string of the molecule is CC(C)NC1(P(=O)(O)c2ccccc2)CCCCC1. The average molecular weight is 281 g/mol. The third kappa shape index (κ3) is 2.94. The van der Waals surface area contributed by atoms with E-state index in [9.17, 15) is 9.46 Å². The topological polar surface area (TPSA) is 49.3 Å². The minimum absolute atomic E-state index is 0.210. The Morgan fingerprint density at radius 2 is 1.74 bits per heavy atom. The van der Waals surface area contributed by atoms with E-state index in [1.807, 2.05) is 32.0 Å². The van der Waals surface area contributed by atoms with E-state index in [-0.39, 0.29) is 6.04 Å². The quantitative estimate of drug-likeness (QED) is 0.833. The van der Waals surface area contributed by atoms with Gasteiger partial charge in [0.2, 0.25) is 7.37 Å². The zero-order valence-electron chi connectivity index (χ0n) is 11.8. The summed E-state index contributed by atoms with van der Waals surface area (Å²) in [5.74, 6) is 0. The first-order valence-electron chi connectivity index (χ1n) is 7.14. The first-order chi connectivity index (χ1) is 8.98. The Labute approximate surface area is 115 Å². The average Bonchev–Trinajstić information content (AvgIpc) is 2.40. The van der Waals surface area contributed by atoms with Crippen molar-refractivity contribution >= 4 is 12.7 Å². The number of hydrogen-bond acceptors (Lipinski definition) is 2. The minimum atomic E-state index is -3.42. The summed E-state index contributed by atoms with van der Waals surface area (Å²) in [5.41, 5.74) is 0. The van der Waals surface area contributed by atoms with Gasteiger partial charge in [0.1, 0.15) is 0 Å². The summed E-state index contributed by atoms with van der Waals surface area (Å²) >= 11 is 0. The molecule has 106 valence electrons. The summed E-state index contributed by atoms with van der Waals surface area (Å²) in [6.45, 7) is 4.09. The first-order valence-corrected chi connectivity index (χ1v) is 8.80. The van der Waals surface area contributed by atoms with Crippen molar-refractivity contribution < 1.29 is 9.46 Å². The highest BCUT2D eigenvalue weighted by atomic mass is 31.2. The third-order valence-electron chi connectivity index (χ3n) is 3.92. The molecule has 1 atom stereocenters. The highest BCUT2D eigenvalue weighted by Gasteiger charge is 2.48. The molecule has 2 N–H and O–H groups in total. The van der Waals surface area contributed by atoms with E-state index in [1.165, 1.54) is 0 Å². The molecular formula is C15H24NO2P. The summed E-state index contributed by atoms with van der Waals surface area (Å²) in [5, 5.41) is 3.36. The number of benzene rings is 1. The molecule has 0 amide bonds. The number of hydrogen-bond donors (Lipinski definition) is 2. The van der Waals surface area contributed by atoms with Crippen molar-refractivity contribution in [3.63, 3.8) is 0 Å². The van der Waals surface area contributed by atoms with Crippen molar-refractivity contribution in [2.75, 3.05) is 0 Å². The van der Waals surface area contributed by atoms with Gasteiger partial charge in [0.05, 0.1) is 5.28 Å². The van der Waals surface area contributed by atoms with Crippen LogP contribution in [0.4, 0.5) is 0 Å². The molecule has 1 fully saturated rings. The molecule has 1 aromatic carbocycles. The predicted octanol–water partition coefficient (Wildman–Crippen LogP) is 3.24. The Morgan fingerprint density at radius 1 is 1.16 bits per heavy atom. The van der Waals surface area contributed by atoms with Crippen LogP contribution in [0.5, 0.6) is 0 Å². The summed E-state index contributed by atoms with van der Waals surface area (Å²) in [6, 6.07) is 9.32. The van der Waals surface area contributed by atoms with Gasteiger partial charge < -0.3 is 10.2 Å². The molecule has 3 nitrogen and oxygen atoms in total. The summed E-state index contributed by atoms with van der Waals surface area (Å²) in [4.78, 5) is 10.8. The molecule has 0 aliphatic heterocycles. The highest BCUT2D eigenvalue weighted by Crippen LogP contribution is 2.58. The largest absolute Gasteiger partial charge is 0.340 e. The predicted molar refractivity (Wildman–Crippen MR) is 80.0 cm³/mol. The lowest BCUT2D eigenvalue weighted by Crippen LogP contribution is -2.51. The molecule has 2 rings (SSSR count). The summed E-state index contributed by atoms with van der Waals surface area (Å²) in [6.07, 6.45) is 4.78. The molecule has 0 saturated heterocycles. The monoisotopic (exact) mass is 281 g/mol. The van der Waals surface area contributed by atoms with Crippen molar-refractivity contribution in [3.05, 3.63) is 30.3 Å². The van der Waals surface area contributed by atoms with E-state index in [2.05, 4.69) is 5.32 Å². The second-order valence-corrected chi connectivity index (χ2v) is 8.33. The second kappa shape index (κ2) is 5.78. The van der Waals surface area contributed by atoms with Gasteiger partial charge >= 0.3 is 0 Å². The molecule has 1 saturated carbocycles. The van der Waals surface area contributed by atoms with Crippen molar-refractivity contribution in [1.29, 1.82) is 0 Å². The summed E-state index contributed by atoms with van der Waals surface area (Å²) < 4.78 is 13.1. The maximum Gasteiger partial charge on any atom is 0.249 e. The molecule has 1 unspecified atom stereocenters. The Morgan fingerprint density at radius 3 is 2.26 bits per heavy atom. The van der Waals surface area contributed by atoms with E-state index in [1.54, 1.807) is 12.1 Å². The standard InChI is InChI=1S/C15H24NO2P/c1-13(2)16-15(11-7-4-8-12-15)19(17,18)14-9-5-3-6-10-14/h3,5-6,9-10,13,16H,4,7-8,11-12H2,1-2H3,(H,17,18). The van der Waals surface area contributed by atoms with Crippen LogP contribution >= 0.6 is 7.37 Å². The minimum Gasteiger partial charge on any atom is -0.340 e. The molecule has 0 bridgehead atoms. The van der Waals surface area contributed by atoms with Crippen LogP contribution in [0.25, 0.3) is 0 Å². The van der Waals surface area contributed by atoms with Gasteiger partial charge in [0.25, 0.3) is 0 Å². The second-order valence-electron chi connectivity index (χ2n) is 5.80. The van der Waals surface area contributed by atoms with Gasteiger partial charge in [-0.15, -0.1) is 0 Å². The maximum absolute atomic E-state index is 13.1. The van der Waals surface area contributed by atoms with Crippen LogP contribution in [-0.2, 0) is 4.57 Å². The Balaban J connectivity index is 2.39. The summed E-state index contributed by atoms with van der Waals surface area (Å²) in [7, 11) is -3.42. The molecule has 1 aliphatic carbocycles. The fourth-order valence-electron chi connectivity index (χ4n) is 3.09. The van der Waals surface area contributed by atoms with E-state index < -0.39 is 12.6 Å². The van der Waals surface area contributed by atoms with E-state index in [0.717, 1.165) is 32.1 Å². The fourth-order valence-corrected chi connectivity index (χ4v) is 5.51. The Hall–Kier alpha value is -0.630. The van der Waals surface area contributed by atoms with Crippen LogP contribution in [0.1, 0.15) is 46.0 Å². The normalized spacial score (nSPS) is 22.1. The first kappa shape index (κ1) is 14.8. The molecule has 4 heteroatoms. The van der Waals surface area contributed by atoms with E-state index >= 15 is 0 Å². The van der Waals surface area contributed by atoms with Crippen LogP contribution in [0.3, 0.4) is 0 Å². The molecule has 0 aromatic heterocycles. The fraction of sp³-hybridized carbons (Fsp3) is 0.600. The van der Waals surface area contributed by atoms with Crippen molar-refractivity contribution in [2.45, 2.75) is 57.3 Å². The lowest BCUT2D eigenvalue weighted by Gasteiger charge is -2.42. The zero-order valence-corrected chi connectivity index (χ0v) is 12.7. The van der Waals surface area contributed by atoms with Crippen LogP contribution in [0.2, 0.25) is 0 Å². The van der Waals surface area contributed by atoms with Crippen LogP contribution in [0.15, 0.2) is 30.3 Å². The van der Waals surface area contributed by atoms with Crippen molar-refractivity contribution in [2.24, 2.45) is 0 Å². The molecule has 19 heavy (non-hydrogen) atoms. The van der Waals surface area contributed by atoms with Crippen molar-refractivity contribution in [3.8, 4) is 0 Å². The molecule has 1 aromatic rings. The number of nitrogens with one attached hydrogen (secondary N) is 1. The van der Waals surface area contributed by atoms with Gasteiger partial charge in [-0.25, -0.2) is 0 Å². The molecule has 0 spiro atoms. The Kier molecular flexibility index (Phi) is 4.50. The zero-order chi connectivity index (χ0) is 13.9. The van der Waals surface area contributed by atoms with Crippen LogP contribution < -0.4 is 10.6 Å². The molecule has 1 aliphatic rings. The molecule has 0 heterocycles. The van der Waals surface area contributed by atoms with E-state index in [4.69, 9.17) is 0 Å². The number of rotatable bonds is 4. The molecule has 0 radical (unpaired) electrons. The van der Waals surface area contributed by atoms with E-state index in [0.29, 0.717) is 5.30 Å². The van der Waals surface area contributed by atoms with Gasteiger partial charge in [-0.3, -0.25) is 4.57 Å². The lowest BCUT2D eigenvalue weighted by atomic mass is 9.94. The van der Waals surface area contributed by atoms with Crippen molar-refractivity contribution in [1.82, 2.24) is 5.32 Å². The Bertz CT molecular complexity index is 452. The third-order valence-corrected chi connectivity index (χ3v) is 6.66. The van der Waals surface area contributed by atoms with Gasteiger partial charge in [-0.2, -0.15) is 0 Å². The van der Waals surface area contributed by atoms with Gasteiger partial charge in [-0.05, 0) is 38.8 Å². The highest BCUT2D eigenvalue weighted by molar-refractivity contribution is 7.67. The van der Waals surface area contributed by atoms with Crippen LogP contribution in [0, 0.1) is 0 Å².